The molecule has 3 rings (SSSR count). The summed E-state index contributed by atoms with van der Waals surface area (Å²) in [5.74, 6) is -1.08. The lowest BCUT2D eigenvalue weighted by Crippen LogP contribution is -2.31. The van der Waals surface area contributed by atoms with Gasteiger partial charge in [0, 0.05) is 24.5 Å². The molecule has 3 N–H and O–H groups in total. The Kier molecular flexibility index (Phi) is 4.54. The lowest BCUT2D eigenvalue weighted by Gasteiger charge is -2.29. The number of hydrogen-bond donors (Lipinski definition) is 2. The van der Waals surface area contributed by atoms with E-state index in [0.717, 1.165) is 17.8 Å². The molecule has 6 nitrogen and oxygen atoms in total. The van der Waals surface area contributed by atoms with Gasteiger partial charge >= 0.3 is 0 Å². The number of pyridine rings is 1. The fourth-order valence-electron chi connectivity index (χ4n) is 2.68. The number of rotatable bonds is 4. The highest BCUT2D eigenvalue weighted by Crippen LogP contribution is 2.44. The van der Waals surface area contributed by atoms with Crippen LogP contribution in [0.3, 0.4) is 0 Å². The van der Waals surface area contributed by atoms with Crippen molar-refractivity contribution in [3.8, 4) is 5.75 Å². The van der Waals surface area contributed by atoms with Gasteiger partial charge in [-0.15, -0.1) is 0 Å². The molecular formula is C17H16FN3O3S. The minimum atomic E-state index is -0.582. The predicted octanol–water partition coefficient (Wildman–Crippen LogP) is 2.11. The zero-order chi connectivity index (χ0) is 18.1. The molecule has 0 spiro atoms. The summed E-state index contributed by atoms with van der Waals surface area (Å²) in [7, 11) is 0. The normalized spacial score (nSPS) is 17.2. The van der Waals surface area contributed by atoms with E-state index in [9.17, 15) is 19.1 Å². The topological polar surface area (TPSA) is 88.6 Å². The number of carbonyl (C=O) groups is 1. The molecule has 8 heteroatoms. The van der Waals surface area contributed by atoms with Crippen LogP contribution in [0.2, 0.25) is 0 Å². The third-order valence-corrected chi connectivity index (χ3v) is 5.31. The Balaban J connectivity index is 2.02. The molecule has 0 aliphatic carbocycles. The highest BCUT2D eigenvalue weighted by molar-refractivity contribution is 8.04. The second-order valence-electron chi connectivity index (χ2n) is 5.61. The molecule has 25 heavy (non-hydrogen) atoms. The SMILES string of the molecule is CC1=C(C(N)=O)SC(n2ccc(O)cc2=O)N1Cc1cccc(F)c1. The van der Waals surface area contributed by atoms with E-state index >= 15 is 0 Å². The molecular weight excluding hydrogens is 345 g/mol. The molecule has 1 atom stereocenters. The van der Waals surface area contributed by atoms with Gasteiger partial charge in [-0.05, 0) is 30.7 Å². The van der Waals surface area contributed by atoms with E-state index in [1.165, 1.54) is 29.0 Å². The molecule has 0 saturated carbocycles. The molecule has 1 aromatic heterocycles. The molecule has 130 valence electrons. The lowest BCUT2D eigenvalue weighted by atomic mass is 10.2. The molecule has 2 aromatic rings. The van der Waals surface area contributed by atoms with Gasteiger partial charge < -0.3 is 15.7 Å². The lowest BCUT2D eigenvalue weighted by molar-refractivity contribution is -0.114. The highest BCUT2D eigenvalue weighted by Gasteiger charge is 2.34. The van der Waals surface area contributed by atoms with Crippen molar-refractivity contribution in [1.29, 1.82) is 0 Å². The summed E-state index contributed by atoms with van der Waals surface area (Å²) in [6, 6.07) is 8.60. The van der Waals surface area contributed by atoms with Crippen molar-refractivity contribution >= 4 is 17.7 Å². The van der Waals surface area contributed by atoms with Crippen molar-refractivity contribution in [1.82, 2.24) is 9.47 Å². The third kappa shape index (κ3) is 3.39. The van der Waals surface area contributed by atoms with Crippen molar-refractivity contribution in [2.24, 2.45) is 5.73 Å². The van der Waals surface area contributed by atoms with Gasteiger partial charge in [0.05, 0.1) is 4.91 Å². The quantitative estimate of drug-likeness (QED) is 0.871. The van der Waals surface area contributed by atoms with Crippen LogP contribution in [0.15, 0.2) is 58.0 Å². The van der Waals surface area contributed by atoms with Crippen molar-refractivity contribution < 1.29 is 14.3 Å². The standard InChI is InChI=1S/C17H16FN3O3S/c1-10-15(16(19)24)25-17(20-6-5-13(22)8-14(20)23)21(10)9-11-3-2-4-12(18)7-11/h2-8,17,22H,9H2,1H3,(H2,19,24). The van der Waals surface area contributed by atoms with Crippen LogP contribution in [-0.4, -0.2) is 20.5 Å². The summed E-state index contributed by atoms with van der Waals surface area (Å²) in [6.45, 7) is 2.03. The van der Waals surface area contributed by atoms with Crippen LogP contribution in [0, 0.1) is 5.82 Å². The van der Waals surface area contributed by atoms with Crippen LogP contribution in [0.5, 0.6) is 5.75 Å². The zero-order valence-corrected chi connectivity index (χ0v) is 14.2. The second kappa shape index (κ2) is 6.64. The first-order valence-electron chi connectivity index (χ1n) is 7.46. The maximum atomic E-state index is 13.5. The molecule has 1 aromatic carbocycles. The van der Waals surface area contributed by atoms with Crippen LogP contribution in [0.1, 0.15) is 18.0 Å². The number of primary amides is 1. The Morgan fingerprint density at radius 2 is 2.12 bits per heavy atom. The molecule has 0 saturated heterocycles. The Morgan fingerprint density at radius 3 is 2.76 bits per heavy atom. The fraction of sp³-hybridized carbons (Fsp3) is 0.176. The van der Waals surface area contributed by atoms with E-state index in [1.807, 2.05) is 0 Å². The highest BCUT2D eigenvalue weighted by atomic mass is 32.2. The number of nitrogens with two attached hydrogens (primary N) is 1. The van der Waals surface area contributed by atoms with E-state index in [2.05, 4.69) is 0 Å². The van der Waals surface area contributed by atoms with E-state index in [0.29, 0.717) is 22.7 Å². The minimum absolute atomic E-state index is 0.138. The van der Waals surface area contributed by atoms with Crippen LogP contribution >= 0.6 is 11.8 Å². The van der Waals surface area contributed by atoms with E-state index in [4.69, 9.17) is 5.73 Å². The van der Waals surface area contributed by atoms with E-state index in [1.54, 1.807) is 24.0 Å². The average Bonchev–Trinajstić information content (AvgIpc) is 2.85. The van der Waals surface area contributed by atoms with Gasteiger partial charge in [0.1, 0.15) is 11.6 Å². The first-order chi connectivity index (χ1) is 11.9. The first-order valence-corrected chi connectivity index (χ1v) is 8.34. The molecule has 0 bridgehead atoms. The van der Waals surface area contributed by atoms with Gasteiger partial charge in [-0.1, -0.05) is 23.9 Å². The summed E-state index contributed by atoms with van der Waals surface area (Å²) < 4.78 is 14.9. The third-order valence-electron chi connectivity index (χ3n) is 3.88. The number of aromatic nitrogens is 1. The Hall–Kier alpha value is -2.74. The largest absolute Gasteiger partial charge is 0.508 e. The van der Waals surface area contributed by atoms with Crippen LogP contribution in [-0.2, 0) is 11.3 Å². The maximum Gasteiger partial charge on any atom is 0.257 e. The van der Waals surface area contributed by atoms with Gasteiger partial charge in [-0.3, -0.25) is 14.2 Å². The molecule has 0 fully saturated rings. The van der Waals surface area contributed by atoms with Gasteiger partial charge in [0.25, 0.3) is 11.5 Å². The van der Waals surface area contributed by atoms with Gasteiger partial charge in [0.15, 0.2) is 5.50 Å². The van der Waals surface area contributed by atoms with Gasteiger partial charge in [-0.2, -0.15) is 0 Å². The maximum absolute atomic E-state index is 13.5. The first kappa shape index (κ1) is 17.1. The number of thioether (sulfide) groups is 1. The predicted molar refractivity (Wildman–Crippen MR) is 92.8 cm³/mol. The molecule has 1 amide bonds. The Labute approximate surface area is 147 Å². The monoisotopic (exact) mass is 361 g/mol. The zero-order valence-electron chi connectivity index (χ0n) is 13.3. The summed E-state index contributed by atoms with van der Waals surface area (Å²) in [4.78, 5) is 26.1. The molecule has 1 unspecified atom stereocenters. The minimum Gasteiger partial charge on any atom is -0.508 e. The summed E-state index contributed by atoms with van der Waals surface area (Å²) in [5.41, 5.74) is 5.78. The number of nitrogens with zero attached hydrogens (tertiary/aromatic N) is 2. The van der Waals surface area contributed by atoms with Gasteiger partial charge in [0.2, 0.25) is 0 Å². The summed E-state index contributed by atoms with van der Waals surface area (Å²) in [6.07, 6.45) is 1.45. The average molecular weight is 361 g/mol. The summed E-state index contributed by atoms with van der Waals surface area (Å²) in [5, 5.41) is 9.44. The summed E-state index contributed by atoms with van der Waals surface area (Å²) >= 11 is 1.15. The number of benzene rings is 1. The van der Waals surface area contributed by atoms with Crippen molar-refractivity contribution in [3.05, 3.63) is 74.9 Å². The molecule has 0 radical (unpaired) electrons. The second-order valence-corrected chi connectivity index (χ2v) is 6.68. The fourth-order valence-corrected chi connectivity index (χ4v) is 3.95. The smallest absolute Gasteiger partial charge is 0.257 e. The number of allylic oxidation sites excluding steroid dienone is 1. The van der Waals surface area contributed by atoms with Crippen molar-refractivity contribution in [2.75, 3.05) is 0 Å². The van der Waals surface area contributed by atoms with Crippen LogP contribution in [0.25, 0.3) is 0 Å². The van der Waals surface area contributed by atoms with E-state index < -0.39 is 17.0 Å². The molecule has 2 heterocycles. The Morgan fingerprint density at radius 1 is 1.36 bits per heavy atom. The van der Waals surface area contributed by atoms with Crippen LogP contribution in [0.4, 0.5) is 4.39 Å². The number of carbonyl (C=O) groups excluding carboxylic acids is 1. The van der Waals surface area contributed by atoms with Crippen molar-refractivity contribution in [2.45, 2.75) is 19.0 Å². The molecule has 1 aliphatic heterocycles. The molecule has 1 aliphatic rings. The number of amides is 1. The van der Waals surface area contributed by atoms with Crippen LogP contribution < -0.4 is 11.3 Å². The van der Waals surface area contributed by atoms with Gasteiger partial charge in [-0.25, -0.2) is 4.39 Å². The Bertz CT molecular complexity index is 925. The van der Waals surface area contributed by atoms with Crippen molar-refractivity contribution in [3.63, 3.8) is 0 Å². The van der Waals surface area contributed by atoms with E-state index in [-0.39, 0.29) is 11.6 Å². The number of hydrogen-bond acceptors (Lipinski definition) is 5. The number of aromatic hydroxyl groups is 1. The number of halogens is 1.